The molecule has 144 valence electrons. The number of para-hydroxylation sites is 1. The summed E-state index contributed by atoms with van der Waals surface area (Å²) < 4.78 is 0. The molecule has 1 fully saturated rings. The van der Waals surface area contributed by atoms with Gasteiger partial charge in [-0.3, -0.25) is 19.3 Å². The Kier molecular flexibility index (Phi) is 9.26. The Morgan fingerprint density at radius 3 is 2.69 bits per heavy atom. The molecule has 0 aliphatic carbocycles. The minimum absolute atomic E-state index is 0. The molecular formula is C18H27ClN4O3. The number of carbonyl (C=O) groups is 3. The maximum Gasteiger partial charge on any atom is 0.238 e. The summed E-state index contributed by atoms with van der Waals surface area (Å²) in [6.07, 6.45) is 1.69. The number of halogens is 1. The van der Waals surface area contributed by atoms with Gasteiger partial charge >= 0.3 is 0 Å². The summed E-state index contributed by atoms with van der Waals surface area (Å²) in [7, 11) is 0. The number of nitrogens with two attached hydrogens (primary N) is 1. The van der Waals surface area contributed by atoms with E-state index < -0.39 is 0 Å². The van der Waals surface area contributed by atoms with Crippen LogP contribution in [0.1, 0.15) is 30.1 Å². The molecule has 1 aromatic carbocycles. The van der Waals surface area contributed by atoms with Gasteiger partial charge in [-0.2, -0.15) is 0 Å². The molecule has 1 unspecified atom stereocenters. The number of carbonyl (C=O) groups excluding carboxylic acids is 3. The van der Waals surface area contributed by atoms with E-state index in [4.69, 9.17) is 5.73 Å². The minimum Gasteiger partial charge on any atom is -0.355 e. The number of benzene rings is 1. The topological polar surface area (TPSA) is 105 Å². The van der Waals surface area contributed by atoms with E-state index in [1.807, 2.05) is 4.90 Å². The summed E-state index contributed by atoms with van der Waals surface area (Å²) in [4.78, 5) is 38.0. The lowest BCUT2D eigenvalue weighted by molar-refractivity contribution is -0.127. The molecule has 0 bridgehead atoms. The first-order valence-corrected chi connectivity index (χ1v) is 8.61. The fourth-order valence-electron chi connectivity index (χ4n) is 3.04. The second kappa shape index (κ2) is 10.9. The van der Waals surface area contributed by atoms with Crippen LogP contribution >= 0.6 is 12.4 Å². The molecule has 0 spiro atoms. The third-order valence-corrected chi connectivity index (χ3v) is 4.27. The van der Waals surface area contributed by atoms with Crippen molar-refractivity contribution in [2.75, 3.05) is 38.0 Å². The fraction of sp³-hybridized carbons (Fsp3) is 0.500. The summed E-state index contributed by atoms with van der Waals surface area (Å²) in [5, 5.41) is 5.61. The van der Waals surface area contributed by atoms with Gasteiger partial charge < -0.3 is 16.4 Å². The van der Waals surface area contributed by atoms with Crippen LogP contribution in [0.5, 0.6) is 0 Å². The zero-order chi connectivity index (χ0) is 18.2. The van der Waals surface area contributed by atoms with E-state index in [-0.39, 0.29) is 42.5 Å². The number of nitrogens with one attached hydrogen (secondary N) is 2. The third-order valence-electron chi connectivity index (χ3n) is 4.27. The Morgan fingerprint density at radius 2 is 2.00 bits per heavy atom. The lowest BCUT2D eigenvalue weighted by Gasteiger charge is -2.31. The molecule has 26 heavy (non-hydrogen) atoms. The van der Waals surface area contributed by atoms with Crippen molar-refractivity contribution < 1.29 is 14.4 Å². The summed E-state index contributed by atoms with van der Waals surface area (Å²) in [6, 6.07) is 6.95. The van der Waals surface area contributed by atoms with Crippen LogP contribution in [0.4, 0.5) is 5.69 Å². The normalized spacial score (nSPS) is 17.1. The lowest BCUT2D eigenvalue weighted by Crippen LogP contribution is -2.46. The third kappa shape index (κ3) is 6.40. The zero-order valence-electron chi connectivity index (χ0n) is 15.0. The average Bonchev–Trinajstić information content (AvgIpc) is 2.60. The van der Waals surface area contributed by atoms with E-state index in [9.17, 15) is 14.4 Å². The van der Waals surface area contributed by atoms with Crippen molar-refractivity contribution in [3.8, 4) is 0 Å². The molecule has 2 rings (SSSR count). The minimum atomic E-state index is -0.184. The predicted octanol–water partition coefficient (Wildman–Crippen LogP) is 1.04. The monoisotopic (exact) mass is 382 g/mol. The van der Waals surface area contributed by atoms with Crippen molar-refractivity contribution in [3.63, 3.8) is 0 Å². The van der Waals surface area contributed by atoms with Gasteiger partial charge in [0.2, 0.25) is 11.8 Å². The Morgan fingerprint density at radius 1 is 1.27 bits per heavy atom. The van der Waals surface area contributed by atoms with Crippen molar-refractivity contribution in [1.82, 2.24) is 10.2 Å². The Bertz CT molecular complexity index is 639. The van der Waals surface area contributed by atoms with Gasteiger partial charge in [-0.25, -0.2) is 0 Å². The maximum absolute atomic E-state index is 12.3. The van der Waals surface area contributed by atoms with Crippen molar-refractivity contribution in [3.05, 3.63) is 29.8 Å². The highest BCUT2D eigenvalue weighted by atomic mass is 35.5. The second-order valence-electron chi connectivity index (χ2n) is 6.30. The lowest BCUT2D eigenvalue weighted by atomic mass is 9.97. The largest absolute Gasteiger partial charge is 0.355 e. The van der Waals surface area contributed by atoms with Gasteiger partial charge in [0.15, 0.2) is 5.78 Å². The highest BCUT2D eigenvalue weighted by molar-refractivity contribution is 6.04. The molecule has 7 nitrogen and oxygen atoms in total. The van der Waals surface area contributed by atoms with Crippen molar-refractivity contribution in [1.29, 1.82) is 0 Å². The van der Waals surface area contributed by atoms with Gasteiger partial charge in [0.05, 0.1) is 18.2 Å². The Labute approximate surface area is 160 Å². The molecule has 0 saturated carbocycles. The van der Waals surface area contributed by atoms with Crippen LogP contribution in [-0.2, 0) is 9.59 Å². The quantitative estimate of drug-likeness (QED) is 0.611. The van der Waals surface area contributed by atoms with Gasteiger partial charge in [-0.15, -0.1) is 12.4 Å². The summed E-state index contributed by atoms with van der Waals surface area (Å²) in [5.74, 6) is -0.391. The summed E-state index contributed by atoms with van der Waals surface area (Å²) in [5.41, 5.74) is 6.42. The van der Waals surface area contributed by atoms with Gasteiger partial charge in [0.25, 0.3) is 0 Å². The molecule has 8 heteroatoms. The number of likely N-dealkylation sites (tertiary alicyclic amines) is 1. The number of piperidine rings is 1. The molecule has 2 amide bonds. The Hall–Kier alpha value is -1.96. The number of hydrogen-bond donors (Lipinski definition) is 3. The van der Waals surface area contributed by atoms with E-state index in [0.717, 1.165) is 19.4 Å². The first kappa shape index (κ1) is 22.1. The van der Waals surface area contributed by atoms with Crippen LogP contribution < -0.4 is 16.4 Å². The number of ketones is 1. The van der Waals surface area contributed by atoms with Crippen molar-refractivity contribution >= 4 is 35.7 Å². The highest BCUT2D eigenvalue weighted by Crippen LogP contribution is 2.18. The van der Waals surface area contributed by atoms with E-state index >= 15 is 0 Å². The highest BCUT2D eigenvalue weighted by Gasteiger charge is 2.26. The SMILES string of the molecule is CC(=O)c1ccccc1NC(=O)CN1CCCC(C(=O)NCCN)C1.Cl. The average molecular weight is 383 g/mol. The van der Waals surface area contributed by atoms with Crippen LogP contribution in [0.2, 0.25) is 0 Å². The molecule has 1 saturated heterocycles. The van der Waals surface area contributed by atoms with Crippen LogP contribution in [0.15, 0.2) is 24.3 Å². The maximum atomic E-state index is 12.3. The molecule has 1 atom stereocenters. The smallest absolute Gasteiger partial charge is 0.238 e. The van der Waals surface area contributed by atoms with Gasteiger partial charge in [-0.05, 0) is 38.4 Å². The van der Waals surface area contributed by atoms with Crippen LogP contribution in [0.3, 0.4) is 0 Å². The fourth-order valence-corrected chi connectivity index (χ4v) is 3.04. The first-order chi connectivity index (χ1) is 12.0. The number of nitrogens with zero attached hydrogens (tertiary/aromatic N) is 1. The Balaban J connectivity index is 0.00000338. The second-order valence-corrected chi connectivity index (χ2v) is 6.30. The van der Waals surface area contributed by atoms with Gasteiger partial charge in [0.1, 0.15) is 0 Å². The summed E-state index contributed by atoms with van der Waals surface area (Å²) in [6.45, 7) is 3.89. The predicted molar refractivity (Wildman–Crippen MR) is 104 cm³/mol. The van der Waals surface area contributed by atoms with E-state index in [2.05, 4.69) is 10.6 Å². The first-order valence-electron chi connectivity index (χ1n) is 8.61. The van der Waals surface area contributed by atoms with E-state index in [1.165, 1.54) is 6.92 Å². The molecule has 1 aliphatic heterocycles. The van der Waals surface area contributed by atoms with Crippen LogP contribution in [0, 0.1) is 5.92 Å². The van der Waals surface area contributed by atoms with Crippen LogP contribution in [0.25, 0.3) is 0 Å². The molecule has 0 radical (unpaired) electrons. The van der Waals surface area contributed by atoms with Gasteiger partial charge in [-0.1, -0.05) is 12.1 Å². The van der Waals surface area contributed by atoms with E-state index in [0.29, 0.717) is 30.9 Å². The standard InChI is InChI=1S/C18H26N4O3.ClH/c1-13(23)15-6-2-3-7-16(15)21-17(24)12-22-10-4-5-14(11-22)18(25)20-9-8-19;/h2-3,6-7,14H,4-5,8-12,19H2,1H3,(H,20,25)(H,21,24);1H. The number of amides is 2. The van der Waals surface area contributed by atoms with Crippen molar-refractivity contribution in [2.24, 2.45) is 11.7 Å². The van der Waals surface area contributed by atoms with E-state index in [1.54, 1.807) is 24.3 Å². The molecular weight excluding hydrogens is 356 g/mol. The molecule has 1 heterocycles. The van der Waals surface area contributed by atoms with Crippen LogP contribution in [-0.4, -0.2) is 55.2 Å². The van der Waals surface area contributed by atoms with Gasteiger partial charge in [0, 0.05) is 25.2 Å². The molecule has 4 N–H and O–H groups in total. The van der Waals surface area contributed by atoms with Crippen molar-refractivity contribution in [2.45, 2.75) is 19.8 Å². The summed E-state index contributed by atoms with van der Waals surface area (Å²) >= 11 is 0. The number of Topliss-reactive ketones (excluding diaryl/α,β-unsaturated/α-hetero) is 1. The number of anilines is 1. The number of hydrogen-bond acceptors (Lipinski definition) is 5. The molecule has 0 aromatic heterocycles. The zero-order valence-corrected chi connectivity index (χ0v) is 15.8. The number of rotatable bonds is 7. The molecule has 1 aliphatic rings. The molecule has 1 aromatic rings.